The first kappa shape index (κ1) is 21.8. The second kappa shape index (κ2) is 9.61. The van der Waals surface area contributed by atoms with Crippen LogP contribution in [0.25, 0.3) is 0 Å². The van der Waals surface area contributed by atoms with Crippen LogP contribution in [0.5, 0.6) is 0 Å². The molecule has 1 aliphatic rings. The Morgan fingerprint density at radius 2 is 1.74 bits per heavy atom. The Morgan fingerprint density at radius 1 is 1.15 bits per heavy atom. The van der Waals surface area contributed by atoms with Crippen LogP contribution in [0.3, 0.4) is 0 Å². The first-order valence-electron chi connectivity index (χ1n) is 7.77. The minimum absolute atomic E-state index is 0.0803. The maximum atomic E-state index is 12.3. The van der Waals surface area contributed by atoms with E-state index in [2.05, 4.69) is 16.0 Å². The maximum absolute atomic E-state index is 12.3. The van der Waals surface area contributed by atoms with Crippen molar-refractivity contribution >= 4 is 69.8 Å². The Bertz CT molecular complexity index is 693. The van der Waals surface area contributed by atoms with Gasteiger partial charge < -0.3 is 30.7 Å². The number of nitrogens with one attached hydrogen (secondary N) is 3. The lowest BCUT2D eigenvalue weighted by Crippen LogP contribution is -2.59. The molecule has 1 atom stereocenters. The van der Waals surface area contributed by atoms with Crippen LogP contribution in [-0.2, 0) is 4.74 Å². The number of aromatic carboxylic acids is 1. The zero-order valence-electron chi connectivity index (χ0n) is 13.9. The summed E-state index contributed by atoms with van der Waals surface area (Å²) in [6.45, 7) is 1.73. The minimum atomic E-state index is -1.87. The van der Waals surface area contributed by atoms with Crippen molar-refractivity contribution in [1.29, 1.82) is 0 Å². The number of carboxylic acid groups (broad SMARTS) is 1. The van der Waals surface area contributed by atoms with Gasteiger partial charge >= 0.3 is 12.0 Å². The molecule has 1 aliphatic heterocycles. The number of anilines is 1. The smallest absolute Gasteiger partial charge is 0.335 e. The van der Waals surface area contributed by atoms with E-state index in [4.69, 9.17) is 56.9 Å². The summed E-state index contributed by atoms with van der Waals surface area (Å²) in [7, 11) is 0. The Kier molecular flexibility index (Phi) is 7.75. The van der Waals surface area contributed by atoms with Crippen LogP contribution >= 0.6 is 47.0 Å². The third-order valence-corrected chi connectivity index (χ3v) is 4.43. The van der Waals surface area contributed by atoms with Gasteiger partial charge in [0, 0.05) is 18.8 Å². The highest BCUT2D eigenvalue weighted by molar-refractivity contribution is 7.80. The molecule has 2 rings (SSSR count). The van der Waals surface area contributed by atoms with E-state index in [-0.39, 0.29) is 10.7 Å². The number of rotatable bonds is 4. The Hall–Kier alpha value is -1.52. The van der Waals surface area contributed by atoms with Crippen LogP contribution in [0.2, 0.25) is 0 Å². The van der Waals surface area contributed by atoms with Gasteiger partial charge in [0.2, 0.25) is 3.79 Å². The fourth-order valence-corrected chi connectivity index (χ4v) is 2.74. The van der Waals surface area contributed by atoms with Crippen molar-refractivity contribution in [1.82, 2.24) is 15.5 Å². The van der Waals surface area contributed by atoms with Gasteiger partial charge in [0.05, 0.1) is 18.8 Å². The summed E-state index contributed by atoms with van der Waals surface area (Å²) >= 11 is 23.0. The summed E-state index contributed by atoms with van der Waals surface area (Å²) in [4.78, 5) is 24.7. The first-order valence-corrected chi connectivity index (χ1v) is 9.32. The van der Waals surface area contributed by atoms with E-state index in [1.54, 1.807) is 0 Å². The van der Waals surface area contributed by atoms with Gasteiger partial charge in [-0.25, -0.2) is 9.59 Å². The summed E-state index contributed by atoms with van der Waals surface area (Å²) in [6, 6.07) is 5.48. The Morgan fingerprint density at radius 3 is 2.26 bits per heavy atom. The molecule has 1 aromatic rings. The van der Waals surface area contributed by atoms with E-state index in [0.717, 1.165) is 0 Å². The van der Waals surface area contributed by atoms with Crippen LogP contribution in [0, 0.1) is 0 Å². The van der Waals surface area contributed by atoms with Crippen molar-refractivity contribution in [3.05, 3.63) is 29.8 Å². The summed E-state index contributed by atoms with van der Waals surface area (Å²) in [6.07, 6.45) is -1.10. The molecule has 0 aromatic heterocycles. The van der Waals surface area contributed by atoms with Gasteiger partial charge in [-0.3, -0.25) is 0 Å². The van der Waals surface area contributed by atoms with Crippen molar-refractivity contribution in [2.45, 2.75) is 9.96 Å². The zero-order valence-corrected chi connectivity index (χ0v) is 17.0. The lowest BCUT2D eigenvalue weighted by atomic mass is 10.2. The van der Waals surface area contributed by atoms with Gasteiger partial charge in [-0.05, 0) is 36.5 Å². The molecule has 12 heteroatoms. The number of thiocarbonyl (C=S) groups is 1. The van der Waals surface area contributed by atoms with Crippen LogP contribution in [0.1, 0.15) is 10.4 Å². The number of ether oxygens (including phenoxy) is 1. The Balaban J connectivity index is 1.97. The second-order valence-electron chi connectivity index (χ2n) is 5.50. The summed E-state index contributed by atoms with van der Waals surface area (Å²) < 4.78 is 3.32. The number of amides is 2. The predicted octanol–water partition coefficient (Wildman–Crippen LogP) is 2.41. The summed E-state index contributed by atoms with van der Waals surface area (Å²) in [5, 5.41) is 17.1. The molecule has 1 fully saturated rings. The van der Waals surface area contributed by atoms with Crippen LogP contribution in [0.15, 0.2) is 24.3 Å². The number of carbonyl (C=O) groups excluding carboxylic acids is 1. The first-order chi connectivity index (χ1) is 12.7. The zero-order chi connectivity index (χ0) is 20.0. The van der Waals surface area contributed by atoms with Gasteiger partial charge in [0.15, 0.2) is 11.3 Å². The number of nitrogens with zero attached hydrogens (tertiary/aromatic N) is 1. The molecular weight excluding hydrogens is 439 g/mol. The van der Waals surface area contributed by atoms with E-state index in [9.17, 15) is 9.59 Å². The van der Waals surface area contributed by atoms with E-state index in [1.807, 2.05) is 0 Å². The maximum Gasteiger partial charge on any atom is 0.335 e. The van der Waals surface area contributed by atoms with E-state index >= 15 is 0 Å². The number of halogens is 3. The normalized spacial score (nSPS) is 15.6. The van der Waals surface area contributed by atoms with Crippen LogP contribution < -0.4 is 16.0 Å². The Labute approximate surface area is 176 Å². The molecule has 0 saturated carbocycles. The number of urea groups is 1. The number of carbonyl (C=O) groups is 2. The number of hydrogen-bond donors (Lipinski definition) is 4. The number of morpholine rings is 1. The molecular formula is C15H17Cl3N4O4S. The van der Waals surface area contributed by atoms with Gasteiger partial charge in [-0.15, -0.1) is 0 Å². The van der Waals surface area contributed by atoms with Crippen molar-refractivity contribution in [3.8, 4) is 0 Å². The second-order valence-corrected chi connectivity index (χ2v) is 8.28. The number of alkyl halides is 3. The third-order valence-electron chi connectivity index (χ3n) is 3.56. The molecule has 1 saturated heterocycles. The monoisotopic (exact) mass is 454 g/mol. The van der Waals surface area contributed by atoms with Gasteiger partial charge in [0.25, 0.3) is 0 Å². The standard InChI is InChI=1S/C15H17Cl3N4O4S/c16-15(17,18)12(21-14(25)22-5-7-26-8-6-22)20-13(27)19-10-3-1-9(2-4-10)11(23)24/h1-4,12H,5-8H2,(H,21,25)(H,23,24)(H2,19,20,27)/t12-/m0/s1. The third kappa shape index (κ3) is 6.86. The fourth-order valence-electron chi connectivity index (χ4n) is 2.18. The van der Waals surface area contributed by atoms with E-state index < -0.39 is 22.0 Å². The van der Waals surface area contributed by atoms with Crippen LogP contribution in [-0.4, -0.2) is 63.4 Å². The van der Waals surface area contributed by atoms with Gasteiger partial charge in [0.1, 0.15) is 0 Å². The SMILES string of the molecule is O=C(O)c1ccc(NC(=S)N[C@@H](NC(=O)N2CCOCC2)C(Cl)(Cl)Cl)cc1. The molecule has 2 amide bonds. The van der Waals surface area contributed by atoms with Crippen molar-refractivity contribution in [2.75, 3.05) is 31.6 Å². The van der Waals surface area contributed by atoms with Gasteiger partial charge in [-0.1, -0.05) is 34.8 Å². The summed E-state index contributed by atoms with van der Waals surface area (Å²) in [5.41, 5.74) is 0.663. The quantitative estimate of drug-likeness (QED) is 0.314. The minimum Gasteiger partial charge on any atom is -0.478 e. The molecule has 0 spiro atoms. The van der Waals surface area contributed by atoms with Crippen molar-refractivity contribution in [3.63, 3.8) is 0 Å². The van der Waals surface area contributed by atoms with E-state index in [0.29, 0.717) is 32.0 Å². The summed E-state index contributed by atoms with van der Waals surface area (Å²) in [5.74, 6) is -1.04. The highest BCUT2D eigenvalue weighted by atomic mass is 35.6. The molecule has 27 heavy (non-hydrogen) atoms. The average molecular weight is 456 g/mol. The lowest BCUT2D eigenvalue weighted by molar-refractivity contribution is 0.0524. The molecule has 0 aliphatic carbocycles. The molecule has 148 valence electrons. The molecule has 1 heterocycles. The number of benzene rings is 1. The molecule has 1 aromatic carbocycles. The molecule has 4 N–H and O–H groups in total. The largest absolute Gasteiger partial charge is 0.478 e. The van der Waals surface area contributed by atoms with Gasteiger partial charge in [-0.2, -0.15) is 0 Å². The van der Waals surface area contributed by atoms with E-state index in [1.165, 1.54) is 29.2 Å². The molecule has 0 bridgehead atoms. The number of hydrogen-bond acceptors (Lipinski definition) is 4. The highest BCUT2D eigenvalue weighted by Gasteiger charge is 2.35. The van der Waals surface area contributed by atoms with Crippen molar-refractivity contribution in [2.24, 2.45) is 0 Å². The fraction of sp³-hybridized carbons (Fsp3) is 0.400. The topological polar surface area (TPSA) is 103 Å². The molecule has 0 radical (unpaired) electrons. The molecule has 8 nitrogen and oxygen atoms in total. The highest BCUT2D eigenvalue weighted by Crippen LogP contribution is 2.29. The van der Waals surface area contributed by atoms with Crippen LogP contribution in [0.4, 0.5) is 10.5 Å². The lowest BCUT2D eigenvalue weighted by Gasteiger charge is -2.32. The van der Waals surface area contributed by atoms with Crippen molar-refractivity contribution < 1.29 is 19.4 Å². The number of carboxylic acids is 1. The molecule has 0 unspecified atom stereocenters. The average Bonchev–Trinajstić information content (AvgIpc) is 2.61. The predicted molar refractivity (Wildman–Crippen MR) is 108 cm³/mol.